The van der Waals surface area contributed by atoms with E-state index in [4.69, 9.17) is 0 Å². The summed E-state index contributed by atoms with van der Waals surface area (Å²) in [6, 6.07) is 14.9. The van der Waals surface area contributed by atoms with Crippen molar-refractivity contribution in [2.45, 2.75) is 18.0 Å². The van der Waals surface area contributed by atoms with Gasteiger partial charge >= 0.3 is 6.03 Å². The van der Waals surface area contributed by atoms with E-state index in [1.54, 1.807) is 11.8 Å². The van der Waals surface area contributed by atoms with E-state index in [0.29, 0.717) is 6.54 Å². The summed E-state index contributed by atoms with van der Waals surface area (Å²) >= 11 is 1.63. The van der Waals surface area contributed by atoms with E-state index >= 15 is 0 Å². The zero-order chi connectivity index (χ0) is 15.1. The van der Waals surface area contributed by atoms with E-state index in [-0.39, 0.29) is 12.6 Å². The average molecular weight is 302 g/mol. The van der Waals surface area contributed by atoms with Crippen LogP contribution in [0.2, 0.25) is 0 Å². The molecule has 0 aromatic heterocycles. The fourth-order valence-electron chi connectivity index (χ4n) is 1.94. The number of urea groups is 1. The van der Waals surface area contributed by atoms with Crippen LogP contribution >= 0.6 is 11.8 Å². The van der Waals surface area contributed by atoms with Crippen LogP contribution in [0.3, 0.4) is 0 Å². The van der Waals surface area contributed by atoms with Crippen molar-refractivity contribution in [1.82, 2.24) is 5.32 Å². The van der Waals surface area contributed by atoms with Gasteiger partial charge in [-0.3, -0.25) is 0 Å². The fraction of sp³-hybridized carbons (Fsp3) is 0.188. The predicted octanol–water partition coefficient (Wildman–Crippen LogP) is 3.22. The fourth-order valence-corrected chi connectivity index (χ4v) is 2.40. The van der Waals surface area contributed by atoms with E-state index < -0.39 is 0 Å². The first-order chi connectivity index (χ1) is 10.2. The van der Waals surface area contributed by atoms with Crippen LogP contribution in [0.15, 0.2) is 53.4 Å². The zero-order valence-corrected chi connectivity index (χ0v) is 12.6. The number of anilines is 1. The van der Waals surface area contributed by atoms with Crippen molar-refractivity contribution in [3.8, 4) is 0 Å². The highest BCUT2D eigenvalue weighted by Crippen LogP contribution is 2.18. The number of amides is 2. The van der Waals surface area contributed by atoms with Crippen molar-refractivity contribution in [2.24, 2.45) is 0 Å². The molecule has 0 fully saturated rings. The molecule has 0 heterocycles. The third-order valence-electron chi connectivity index (χ3n) is 3.06. The number of aliphatic hydroxyl groups excluding tert-OH is 1. The summed E-state index contributed by atoms with van der Waals surface area (Å²) in [5, 5.41) is 14.8. The molecule has 110 valence electrons. The molecule has 2 amide bonds. The van der Waals surface area contributed by atoms with Crippen LogP contribution in [0, 0.1) is 0 Å². The first-order valence-corrected chi connectivity index (χ1v) is 7.82. The number of carbonyl (C=O) groups excluding carboxylic acids is 1. The smallest absolute Gasteiger partial charge is 0.319 e. The number of hydrogen-bond donors (Lipinski definition) is 3. The Balaban J connectivity index is 1.92. The summed E-state index contributed by atoms with van der Waals surface area (Å²) in [6.45, 7) is 0.347. The molecule has 0 aliphatic carbocycles. The number of thioether (sulfide) groups is 1. The van der Waals surface area contributed by atoms with E-state index in [1.165, 1.54) is 0 Å². The summed E-state index contributed by atoms with van der Waals surface area (Å²) in [7, 11) is 0. The SMILES string of the molecule is CSc1cccc(NC(=O)NCc2ccccc2CO)c1. The van der Waals surface area contributed by atoms with Gasteiger partial charge in [0.25, 0.3) is 0 Å². The van der Waals surface area contributed by atoms with Crippen LogP contribution in [0.4, 0.5) is 10.5 Å². The van der Waals surface area contributed by atoms with Gasteiger partial charge in [-0.25, -0.2) is 4.79 Å². The molecular weight excluding hydrogens is 284 g/mol. The molecule has 3 N–H and O–H groups in total. The van der Waals surface area contributed by atoms with Crippen molar-refractivity contribution >= 4 is 23.5 Å². The molecule has 0 radical (unpaired) electrons. The van der Waals surface area contributed by atoms with Gasteiger partial charge in [-0.05, 0) is 35.6 Å². The number of carbonyl (C=O) groups is 1. The molecule has 0 spiro atoms. The predicted molar refractivity (Wildman–Crippen MR) is 86.4 cm³/mol. The summed E-state index contributed by atoms with van der Waals surface area (Å²) < 4.78 is 0. The Morgan fingerprint density at radius 3 is 2.62 bits per heavy atom. The molecule has 0 aliphatic rings. The van der Waals surface area contributed by atoms with Crippen LogP contribution in [0.25, 0.3) is 0 Å². The zero-order valence-electron chi connectivity index (χ0n) is 11.8. The van der Waals surface area contributed by atoms with Crippen LogP contribution in [-0.2, 0) is 13.2 Å². The molecule has 0 unspecified atom stereocenters. The molecule has 0 bridgehead atoms. The molecule has 5 heteroatoms. The Bertz CT molecular complexity index is 617. The number of hydrogen-bond acceptors (Lipinski definition) is 3. The molecule has 4 nitrogen and oxygen atoms in total. The van der Waals surface area contributed by atoms with Gasteiger partial charge in [0.05, 0.1) is 6.61 Å². The molecule has 2 rings (SSSR count). The van der Waals surface area contributed by atoms with Gasteiger partial charge < -0.3 is 15.7 Å². The van der Waals surface area contributed by atoms with Gasteiger partial charge in [0.2, 0.25) is 0 Å². The summed E-state index contributed by atoms with van der Waals surface area (Å²) in [6.07, 6.45) is 1.99. The molecule has 21 heavy (non-hydrogen) atoms. The van der Waals surface area contributed by atoms with Crippen molar-refractivity contribution in [2.75, 3.05) is 11.6 Å². The second-order valence-corrected chi connectivity index (χ2v) is 5.35. The van der Waals surface area contributed by atoms with Gasteiger partial charge in [-0.15, -0.1) is 11.8 Å². The second-order valence-electron chi connectivity index (χ2n) is 4.47. The van der Waals surface area contributed by atoms with E-state index in [0.717, 1.165) is 21.7 Å². The Morgan fingerprint density at radius 2 is 1.90 bits per heavy atom. The number of benzene rings is 2. The van der Waals surface area contributed by atoms with Crippen LogP contribution in [0.5, 0.6) is 0 Å². The largest absolute Gasteiger partial charge is 0.392 e. The minimum atomic E-state index is -0.263. The van der Waals surface area contributed by atoms with Crippen LogP contribution < -0.4 is 10.6 Å². The Hall–Kier alpha value is -1.98. The first-order valence-electron chi connectivity index (χ1n) is 6.59. The molecule has 0 saturated carbocycles. The van der Waals surface area contributed by atoms with Crippen molar-refractivity contribution in [1.29, 1.82) is 0 Å². The van der Waals surface area contributed by atoms with Gasteiger partial charge in [-0.2, -0.15) is 0 Å². The second kappa shape index (κ2) is 7.71. The van der Waals surface area contributed by atoms with Gasteiger partial charge in [0.15, 0.2) is 0 Å². The van der Waals surface area contributed by atoms with Gasteiger partial charge in [-0.1, -0.05) is 30.3 Å². The highest BCUT2D eigenvalue weighted by molar-refractivity contribution is 7.98. The topological polar surface area (TPSA) is 61.4 Å². The summed E-state index contributed by atoms with van der Waals surface area (Å²) in [5.74, 6) is 0. The minimum Gasteiger partial charge on any atom is -0.392 e. The standard InChI is InChI=1S/C16H18N2O2S/c1-21-15-8-4-7-14(9-15)18-16(20)17-10-12-5-2-3-6-13(12)11-19/h2-9,19H,10-11H2,1H3,(H2,17,18,20). The van der Waals surface area contributed by atoms with Crippen molar-refractivity contribution < 1.29 is 9.90 Å². The molecule has 0 atom stereocenters. The number of aliphatic hydroxyl groups is 1. The lowest BCUT2D eigenvalue weighted by Gasteiger charge is -2.10. The Morgan fingerprint density at radius 1 is 1.14 bits per heavy atom. The maximum absolute atomic E-state index is 11.9. The Kier molecular flexibility index (Phi) is 5.66. The average Bonchev–Trinajstić information content (AvgIpc) is 2.53. The van der Waals surface area contributed by atoms with E-state index in [2.05, 4.69) is 10.6 Å². The third-order valence-corrected chi connectivity index (χ3v) is 3.78. The molecule has 2 aromatic rings. The lowest BCUT2D eigenvalue weighted by Crippen LogP contribution is -2.28. The van der Waals surface area contributed by atoms with Crippen molar-refractivity contribution in [3.63, 3.8) is 0 Å². The number of rotatable bonds is 5. The molecule has 0 aliphatic heterocycles. The van der Waals surface area contributed by atoms with Gasteiger partial charge in [0, 0.05) is 17.1 Å². The van der Waals surface area contributed by atoms with Gasteiger partial charge in [0.1, 0.15) is 0 Å². The van der Waals surface area contributed by atoms with E-state index in [9.17, 15) is 9.90 Å². The number of nitrogens with one attached hydrogen (secondary N) is 2. The maximum atomic E-state index is 11.9. The lowest BCUT2D eigenvalue weighted by molar-refractivity contribution is 0.251. The highest BCUT2D eigenvalue weighted by atomic mass is 32.2. The maximum Gasteiger partial charge on any atom is 0.319 e. The summed E-state index contributed by atoms with van der Waals surface area (Å²) in [4.78, 5) is 13.0. The Labute approximate surface area is 128 Å². The molecule has 0 saturated heterocycles. The van der Waals surface area contributed by atoms with E-state index in [1.807, 2.05) is 54.8 Å². The third kappa shape index (κ3) is 4.51. The lowest BCUT2D eigenvalue weighted by atomic mass is 10.1. The molecular formula is C16H18N2O2S. The monoisotopic (exact) mass is 302 g/mol. The quantitative estimate of drug-likeness (QED) is 0.743. The van der Waals surface area contributed by atoms with Crippen LogP contribution in [0.1, 0.15) is 11.1 Å². The first kappa shape index (κ1) is 15.4. The van der Waals surface area contributed by atoms with Crippen LogP contribution in [-0.4, -0.2) is 17.4 Å². The highest BCUT2D eigenvalue weighted by Gasteiger charge is 2.05. The van der Waals surface area contributed by atoms with Crippen molar-refractivity contribution in [3.05, 3.63) is 59.7 Å². The molecule has 2 aromatic carbocycles. The normalized spacial score (nSPS) is 10.2. The minimum absolute atomic E-state index is 0.0325. The summed E-state index contributed by atoms with van der Waals surface area (Å²) in [5.41, 5.74) is 2.49.